The average Bonchev–Trinajstić information content (AvgIpc) is 3.03. The van der Waals surface area contributed by atoms with Crippen LogP contribution in [0.5, 0.6) is 0 Å². The minimum Gasteiger partial charge on any atom is -0.383 e. The summed E-state index contributed by atoms with van der Waals surface area (Å²) in [4.78, 5) is 29.1. The Morgan fingerprint density at radius 1 is 1.28 bits per heavy atom. The van der Waals surface area contributed by atoms with Crippen molar-refractivity contribution in [3.05, 3.63) is 34.2 Å². The van der Waals surface area contributed by atoms with E-state index in [0.717, 1.165) is 39.4 Å². The number of carbonyl (C=O) groups is 1. The second kappa shape index (κ2) is 8.12. The molecular formula is C18H27N3O4. The molecule has 0 saturated carbocycles. The maximum absolute atomic E-state index is 12.9. The summed E-state index contributed by atoms with van der Waals surface area (Å²) >= 11 is 0. The first-order valence-corrected chi connectivity index (χ1v) is 8.90. The quantitative estimate of drug-likeness (QED) is 0.764. The van der Waals surface area contributed by atoms with Gasteiger partial charge in [0, 0.05) is 58.1 Å². The van der Waals surface area contributed by atoms with Crippen LogP contribution in [0.3, 0.4) is 0 Å². The smallest absolute Gasteiger partial charge is 0.255 e. The predicted octanol–water partition coefficient (Wildman–Crippen LogP) is 0.287. The number of pyridine rings is 1. The van der Waals surface area contributed by atoms with Gasteiger partial charge in [-0.25, -0.2) is 0 Å². The summed E-state index contributed by atoms with van der Waals surface area (Å²) in [6.07, 6.45) is 1.65. The van der Waals surface area contributed by atoms with E-state index in [2.05, 4.69) is 11.8 Å². The maximum Gasteiger partial charge on any atom is 0.255 e. The summed E-state index contributed by atoms with van der Waals surface area (Å²) in [7, 11) is 1.59. The van der Waals surface area contributed by atoms with Crippen molar-refractivity contribution >= 4 is 5.91 Å². The van der Waals surface area contributed by atoms with E-state index < -0.39 is 0 Å². The number of hydrogen-bond acceptors (Lipinski definition) is 5. The van der Waals surface area contributed by atoms with Gasteiger partial charge in [0.25, 0.3) is 11.5 Å². The number of rotatable bonds is 5. The van der Waals surface area contributed by atoms with Crippen molar-refractivity contribution in [1.82, 2.24) is 14.4 Å². The van der Waals surface area contributed by atoms with Crippen molar-refractivity contribution in [2.45, 2.75) is 19.5 Å². The zero-order valence-electron chi connectivity index (χ0n) is 15.0. The van der Waals surface area contributed by atoms with Gasteiger partial charge in [-0.2, -0.15) is 0 Å². The van der Waals surface area contributed by atoms with E-state index in [9.17, 15) is 9.59 Å². The van der Waals surface area contributed by atoms with Crippen molar-refractivity contribution in [2.24, 2.45) is 5.92 Å². The molecule has 2 fully saturated rings. The third kappa shape index (κ3) is 4.11. The summed E-state index contributed by atoms with van der Waals surface area (Å²) < 4.78 is 12.0. The van der Waals surface area contributed by atoms with Gasteiger partial charge < -0.3 is 18.9 Å². The molecule has 138 valence electrons. The average molecular weight is 349 g/mol. The largest absolute Gasteiger partial charge is 0.383 e. The van der Waals surface area contributed by atoms with Crippen LogP contribution in [0.2, 0.25) is 0 Å². The molecule has 1 aromatic rings. The molecule has 3 heterocycles. The number of aromatic nitrogens is 1. The normalized spacial score (nSPS) is 24.6. The Hall–Kier alpha value is -1.70. The highest BCUT2D eigenvalue weighted by molar-refractivity contribution is 5.94. The van der Waals surface area contributed by atoms with Crippen LogP contribution in [0.25, 0.3) is 0 Å². The number of ether oxygens (including phenoxy) is 2. The molecule has 25 heavy (non-hydrogen) atoms. The van der Waals surface area contributed by atoms with E-state index in [-0.39, 0.29) is 11.5 Å². The highest BCUT2D eigenvalue weighted by Crippen LogP contribution is 2.24. The van der Waals surface area contributed by atoms with Gasteiger partial charge in [-0.3, -0.25) is 14.5 Å². The van der Waals surface area contributed by atoms with Gasteiger partial charge in [-0.15, -0.1) is 0 Å². The molecule has 0 aliphatic carbocycles. The molecule has 0 aromatic carbocycles. The molecule has 2 atom stereocenters. The molecule has 2 aliphatic heterocycles. The first-order valence-electron chi connectivity index (χ1n) is 8.90. The molecule has 0 spiro atoms. The highest BCUT2D eigenvalue weighted by atomic mass is 16.5. The number of morpholine rings is 1. The standard InChI is InChI=1S/C18H27N3O4/c1-14-11-21(13-16(14)19-6-9-25-10-7-19)18(23)15-3-4-17(22)20(12-15)5-8-24-2/h3-4,12,14,16H,5-11,13H2,1-2H3/t14-,16+/m0/s1. The van der Waals surface area contributed by atoms with Gasteiger partial charge >= 0.3 is 0 Å². The van der Waals surface area contributed by atoms with E-state index in [1.165, 1.54) is 10.6 Å². The number of carbonyl (C=O) groups excluding carboxylic acids is 1. The highest BCUT2D eigenvalue weighted by Gasteiger charge is 2.36. The summed E-state index contributed by atoms with van der Waals surface area (Å²) in [5.74, 6) is 0.426. The molecule has 1 amide bonds. The van der Waals surface area contributed by atoms with Crippen molar-refractivity contribution < 1.29 is 14.3 Å². The summed E-state index contributed by atoms with van der Waals surface area (Å²) in [6, 6.07) is 3.47. The summed E-state index contributed by atoms with van der Waals surface area (Å²) in [5, 5.41) is 0. The summed E-state index contributed by atoms with van der Waals surface area (Å²) in [5.41, 5.74) is 0.445. The van der Waals surface area contributed by atoms with E-state index >= 15 is 0 Å². The SMILES string of the molecule is COCCn1cc(C(=O)N2C[C@@H](N3CCOCC3)[C@@H](C)C2)ccc1=O. The molecule has 0 unspecified atom stereocenters. The zero-order chi connectivity index (χ0) is 17.8. The number of nitrogens with zero attached hydrogens (tertiary/aromatic N) is 3. The minimum absolute atomic E-state index is 0.00576. The minimum atomic E-state index is -0.116. The molecule has 7 heteroatoms. The van der Waals surface area contributed by atoms with Crippen LogP contribution in [-0.4, -0.2) is 79.4 Å². The first kappa shape index (κ1) is 18.1. The lowest BCUT2D eigenvalue weighted by molar-refractivity contribution is 0.0119. The van der Waals surface area contributed by atoms with Crippen LogP contribution in [0.15, 0.2) is 23.1 Å². The molecule has 3 rings (SSSR count). The third-order valence-corrected chi connectivity index (χ3v) is 5.14. The Morgan fingerprint density at radius 2 is 2.04 bits per heavy atom. The Kier molecular flexibility index (Phi) is 5.88. The molecule has 2 aliphatic rings. The fourth-order valence-corrected chi connectivity index (χ4v) is 3.70. The van der Waals surface area contributed by atoms with Gasteiger partial charge in [0.05, 0.1) is 25.4 Å². The van der Waals surface area contributed by atoms with Crippen LogP contribution in [-0.2, 0) is 16.0 Å². The van der Waals surface area contributed by atoms with Crippen molar-refractivity contribution in [3.63, 3.8) is 0 Å². The number of likely N-dealkylation sites (tertiary alicyclic amines) is 1. The Bertz CT molecular complexity index is 654. The second-order valence-corrected chi connectivity index (χ2v) is 6.85. The zero-order valence-corrected chi connectivity index (χ0v) is 15.0. The Labute approximate surface area is 148 Å². The number of hydrogen-bond donors (Lipinski definition) is 0. The molecule has 0 bridgehead atoms. The third-order valence-electron chi connectivity index (χ3n) is 5.14. The van der Waals surface area contributed by atoms with E-state index in [0.29, 0.717) is 30.7 Å². The lowest BCUT2D eigenvalue weighted by Gasteiger charge is -2.34. The van der Waals surface area contributed by atoms with Crippen molar-refractivity contribution in [3.8, 4) is 0 Å². The van der Waals surface area contributed by atoms with Crippen LogP contribution in [0.4, 0.5) is 0 Å². The Morgan fingerprint density at radius 3 is 2.76 bits per heavy atom. The fraction of sp³-hybridized carbons (Fsp3) is 0.667. The summed E-state index contributed by atoms with van der Waals surface area (Å²) in [6.45, 7) is 7.96. The fourth-order valence-electron chi connectivity index (χ4n) is 3.70. The second-order valence-electron chi connectivity index (χ2n) is 6.85. The van der Waals surface area contributed by atoms with Crippen LogP contribution in [0.1, 0.15) is 17.3 Å². The monoisotopic (exact) mass is 349 g/mol. The maximum atomic E-state index is 12.9. The van der Waals surface area contributed by atoms with Gasteiger partial charge in [0.1, 0.15) is 0 Å². The molecular weight excluding hydrogens is 322 g/mol. The van der Waals surface area contributed by atoms with E-state index in [1.54, 1.807) is 19.4 Å². The van der Waals surface area contributed by atoms with Crippen LogP contribution in [0, 0.1) is 5.92 Å². The van der Waals surface area contributed by atoms with E-state index in [1.807, 2.05) is 4.90 Å². The molecule has 0 N–H and O–H groups in total. The van der Waals surface area contributed by atoms with Gasteiger partial charge in [0.15, 0.2) is 0 Å². The van der Waals surface area contributed by atoms with Gasteiger partial charge in [0.2, 0.25) is 0 Å². The van der Waals surface area contributed by atoms with Crippen molar-refractivity contribution in [1.29, 1.82) is 0 Å². The lowest BCUT2D eigenvalue weighted by Crippen LogP contribution is -2.47. The van der Waals surface area contributed by atoms with Crippen LogP contribution < -0.4 is 5.56 Å². The van der Waals surface area contributed by atoms with Crippen molar-refractivity contribution in [2.75, 3.05) is 53.1 Å². The molecule has 0 radical (unpaired) electrons. The predicted molar refractivity (Wildman–Crippen MR) is 93.8 cm³/mol. The van der Waals surface area contributed by atoms with Gasteiger partial charge in [-0.05, 0) is 12.0 Å². The first-order chi connectivity index (χ1) is 12.1. The van der Waals surface area contributed by atoms with Crippen LogP contribution >= 0.6 is 0 Å². The molecule has 2 saturated heterocycles. The molecule has 7 nitrogen and oxygen atoms in total. The Balaban J connectivity index is 1.69. The lowest BCUT2D eigenvalue weighted by atomic mass is 10.0. The number of methoxy groups -OCH3 is 1. The number of amides is 1. The topological polar surface area (TPSA) is 64.0 Å². The molecule has 1 aromatic heterocycles. The van der Waals surface area contributed by atoms with E-state index in [4.69, 9.17) is 9.47 Å². The van der Waals surface area contributed by atoms with Gasteiger partial charge in [-0.1, -0.05) is 6.92 Å².